The Morgan fingerprint density at radius 2 is 1.75 bits per heavy atom. The number of halogens is 2. The summed E-state index contributed by atoms with van der Waals surface area (Å²) in [4.78, 5) is 2.29. The van der Waals surface area contributed by atoms with Gasteiger partial charge in [0.05, 0.1) is 6.04 Å². The number of benzene rings is 1. The Labute approximate surface area is 122 Å². The number of hydrogen-bond acceptors (Lipinski definition) is 2. The van der Waals surface area contributed by atoms with Crippen LogP contribution >= 0.6 is 11.3 Å². The third-order valence-electron chi connectivity index (χ3n) is 3.34. The Bertz CT molecular complexity index is 619. The van der Waals surface area contributed by atoms with Gasteiger partial charge in [0.25, 0.3) is 0 Å². The van der Waals surface area contributed by atoms with Crippen LogP contribution < -0.4 is 5.32 Å². The predicted molar refractivity (Wildman–Crippen MR) is 80.4 cm³/mol. The van der Waals surface area contributed by atoms with E-state index in [0.29, 0.717) is 11.1 Å². The normalized spacial score (nSPS) is 12.7. The van der Waals surface area contributed by atoms with E-state index in [9.17, 15) is 8.78 Å². The number of nitrogens with one attached hydrogen (secondary N) is 1. The largest absolute Gasteiger partial charge is 0.306 e. The summed E-state index contributed by atoms with van der Waals surface area (Å²) in [6.07, 6.45) is 0. The molecule has 1 heterocycles. The summed E-state index contributed by atoms with van der Waals surface area (Å²) in [7, 11) is 0. The van der Waals surface area contributed by atoms with Gasteiger partial charge in [-0.25, -0.2) is 8.78 Å². The molecule has 0 spiro atoms. The fourth-order valence-corrected chi connectivity index (χ4v) is 3.53. The molecule has 0 bridgehead atoms. The highest BCUT2D eigenvalue weighted by atomic mass is 32.1. The molecule has 0 aliphatic heterocycles. The highest BCUT2D eigenvalue weighted by molar-refractivity contribution is 7.12. The highest BCUT2D eigenvalue weighted by Gasteiger charge is 2.22. The quantitative estimate of drug-likeness (QED) is 0.865. The van der Waals surface area contributed by atoms with Gasteiger partial charge in [0.1, 0.15) is 11.6 Å². The smallest absolute Gasteiger partial charge is 0.131 e. The monoisotopic (exact) mass is 295 g/mol. The van der Waals surface area contributed by atoms with Gasteiger partial charge in [-0.3, -0.25) is 0 Å². The Morgan fingerprint density at radius 3 is 2.30 bits per heavy atom. The molecule has 108 valence electrons. The van der Waals surface area contributed by atoms with Gasteiger partial charge in [-0.1, -0.05) is 6.92 Å². The fourth-order valence-electron chi connectivity index (χ4n) is 2.39. The molecule has 2 aromatic rings. The molecule has 1 aromatic heterocycles. The predicted octanol–water partition coefficient (Wildman–Crippen LogP) is 4.65. The van der Waals surface area contributed by atoms with Gasteiger partial charge in [-0.05, 0) is 50.6 Å². The van der Waals surface area contributed by atoms with Gasteiger partial charge < -0.3 is 5.32 Å². The number of rotatable bonds is 4. The maximum Gasteiger partial charge on any atom is 0.131 e. The second-order valence-electron chi connectivity index (χ2n) is 5.02. The van der Waals surface area contributed by atoms with Gasteiger partial charge >= 0.3 is 0 Å². The molecule has 1 nitrogen and oxygen atoms in total. The van der Waals surface area contributed by atoms with E-state index in [-0.39, 0.29) is 6.04 Å². The van der Waals surface area contributed by atoms with Crippen molar-refractivity contribution in [2.75, 3.05) is 6.54 Å². The third-order valence-corrected chi connectivity index (χ3v) is 4.56. The van der Waals surface area contributed by atoms with E-state index in [1.165, 1.54) is 4.88 Å². The van der Waals surface area contributed by atoms with Crippen molar-refractivity contribution in [3.05, 3.63) is 56.3 Å². The molecule has 0 aliphatic carbocycles. The Hall–Kier alpha value is -1.26. The zero-order valence-corrected chi connectivity index (χ0v) is 13.0. The summed E-state index contributed by atoms with van der Waals surface area (Å²) >= 11 is 1.65. The van der Waals surface area contributed by atoms with Crippen molar-refractivity contribution in [2.24, 2.45) is 0 Å². The van der Waals surface area contributed by atoms with E-state index in [2.05, 4.69) is 11.4 Å². The van der Waals surface area contributed by atoms with Crippen LogP contribution in [0.2, 0.25) is 0 Å². The van der Waals surface area contributed by atoms with E-state index in [1.54, 1.807) is 24.3 Å². The molecule has 20 heavy (non-hydrogen) atoms. The maximum atomic E-state index is 14.2. The molecule has 0 saturated heterocycles. The van der Waals surface area contributed by atoms with Crippen molar-refractivity contribution < 1.29 is 8.78 Å². The molecule has 0 fully saturated rings. The summed E-state index contributed by atoms with van der Waals surface area (Å²) in [5, 5.41) is 3.30. The summed E-state index contributed by atoms with van der Waals surface area (Å²) < 4.78 is 27.6. The molecule has 1 aromatic carbocycles. The lowest BCUT2D eigenvalue weighted by Crippen LogP contribution is -2.23. The average Bonchev–Trinajstić information content (AvgIpc) is 2.70. The summed E-state index contributed by atoms with van der Waals surface area (Å²) in [6, 6.07) is 4.45. The molecule has 0 amide bonds. The lowest BCUT2D eigenvalue weighted by atomic mass is 10.00. The number of thiophene rings is 1. The van der Waals surface area contributed by atoms with Gasteiger partial charge in [-0.2, -0.15) is 0 Å². The highest BCUT2D eigenvalue weighted by Crippen LogP contribution is 2.33. The van der Waals surface area contributed by atoms with Crippen LogP contribution in [0.1, 0.15) is 39.4 Å². The molecule has 1 N–H and O–H groups in total. The second-order valence-corrected chi connectivity index (χ2v) is 6.31. The van der Waals surface area contributed by atoms with Crippen molar-refractivity contribution in [3.8, 4) is 0 Å². The minimum Gasteiger partial charge on any atom is -0.306 e. The zero-order chi connectivity index (χ0) is 14.9. The maximum absolute atomic E-state index is 14.2. The van der Waals surface area contributed by atoms with Gasteiger partial charge in [-0.15, -0.1) is 11.3 Å². The Balaban J connectivity index is 2.54. The minimum absolute atomic E-state index is 0.224. The second kappa shape index (κ2) is 6.02. The summed E-state index contributed by atoms with van der Waals surface area (Å²) in [5.74, 6) is -0.995. The molecule has 4 heteroatoms. The van der Waals surface area contributed by atoms with Gasteiger partial charge in [0.15, 0.2) is 0 Å². The third kappa shape index (κ3) is 2.91. The SMILES string of the molecule is CCNC(c1cc(C)c(F)cc1F)c1sc(C)cc1C. The number of aryl methyl sites for hydroxylation is 3. The minimum atomic E-state index is -0.499. The van der Waals surface area contributed by atoms with Gasteiger partial charge in [0, 0.05) is 21.4 Å². The van der Waals surface area contributed by atoms with Crippen LogP contribution in [0.5, 0.6) is 0 Å². The molecule has 0 radical (unpaired) electrons. The Morgan fingerprint density at radius 1 is 1.05 bits per heavy atom. The van der Waals surface area contributed by atoms with Crippen molar-refractivity contribution in [1.82, 2.24) is 5.32 Å². The van der Waals surface area contributed by atoms with Crippen molar-refractivity contribution in [3.63, 3.8) is 0 Å². The van der Waals surface area contributed by atoms with Crippen LogP contribution in [-0.4, -0.2) is 6.54 Å². The van der Waals surface area contributed by atoms with Crippen LogP contribution in [0.15, 0.2) is 18.2 Å². The van der Waals surface area contributed by atoms with Crippen molar-refractivity contribution >= 4 is 11.3 Å². The summed E-state index contributed by atoms with van der Waals surface area (Å²) in [5.41, 5.74) is 2.12. The first-order valence-corrected chi connectivity index (χ1v) is 7.51. The molecule has 2 rings (SSSR count). The first kappa shape index (κ1) is 15.1. The van der Waals surface area contributed by atoms with E-state index in [0.717, 1.165) is 23.1 Å². The van der Waals surface area contributed by atoms with E-state index in [1.807, 2.05) is 20.8 Å². The molecule has 1 unspecified atom stereocenters. The van der Waals surface area contributed by atoms with E-state index < -0.39 is 11.6 Å². The molecule has 0 aliphatic rings. The Kier molecular flexibility index (Phi) is 4.55. The van der Waals surface area contributed by atoms with Crippen molar-refractivity contribution in [2.45, 2.75) is 33.7 Å². The number of hydrogen-bond donors (Lipinski definition) is 1. The van der Waals surface area contributed by atoms with Crippen LogP contribution in [0.3, 0.4) is 0 Å². The van der Waals surface area contributed by atoms with Gasteiger partial charge in [0.2, 0.25) is 0 Å². The first-order valence-electron chi connectivity index (χ1n) is 6.69. The van der Waals surface area contributed by atoms with Crippen molar-refractivity contribution in [1.29, 1.82) is 0 Å². The van der Waals surface area contributed by atoms with Crippen LogP contribution in [-0.2, 0) is 0 Å². The standard InChI is InChI=1S/C16H19F2NS/c1-5-19-15(16-10(3)6-11(4)20-16)12-7-9(2)13(17)8-14(12)18/h6-8,15,19H,5H2,1-4H3. The fraction of sp³-hybridized carbons (Fsp3) is 0.375. The zero-order valence-electron chi connectivity index (χ0n) is 12.2. The topological polar surface area (TPSA) is 12.0 Å². The lowest BCUT2D eigenvalue weighted by molar-refractivity contribution is 0.539. The molecule has 1 atom stereocenters. The molecular weight excluding hydrogens is 276 g/mol. The van der Waals surface area contributed by atoms with E-state index in [4.69, 9.17) is 0 Å². The first-order chi connectivity index (χ1) is 9.43. The van der Waals surface area contributed by atoms with E-state index >= 15 is 0 Å². The van der Waals surface area contributed by atoms with Crippen LogP contribution in [0.25, 0.3) is 0 Å². The van der Waals surface area contributed by atoms with Crippen LogP contribution in [0.4, 0.5) is 8.78 Å². The molecular formula is C16H19F2NS. The van der Waals surface area contributed by atoms with Crippen LogP contribution in [0, 0.1) is 32.4 Å². The average molecular weight is 295 g/mol. The molecule has 0 saturated carbocycles. The lowest BCUT2D eigenvalue weighted by Gasteiger charge is -2.19. The summed E-state index contributed by atoms with van der Waals surface area (Å²) in [6.45, 7) is 8.43.